The number of carbonyl (C=O) groups is 2. The second-order valence-corrected chi connectivity index (χ2v) is 11.9. The van der Waals surface area contributed by atoms with Crippen LogP contribution in [-0.2, 0) is 32.6 Å². The third-order valence-corrected chi connectivity index (χ3v) is 7.93. The van der Waals surface area contributed by atoms with Gasteiger partial charge in [-0.15, -0.1) is 0 Å². The number of rotatable bonds is 14. The summed E-state index contributed by atoms with van der Waals surface area (Å²) in [5, 5.41) is 3.02. The van der Waals surface area contributed by atoms with Gasteiger partial charge in [0.15, 0.2) is 0 Å². The highest BCUT2D eigenvalue weighted by atomic mass is 32.2. The molecule has 0 aliphatic heterocycles. The Balaban J connectivity index is 1.88. The van der Waals surface area contributed by atoms with Crippen molar-refractivity contribution in [3.8, 4) is 0 Å². The number of halogens is 1. The van der Waals surface area contributed by atoms with Crippen LogP contribution < -0.4 is 9.62 Å². The van der Waals surface area contributed by atoms with Gasteiger partial charge in [0.2, 0.25) is 21.8 Å². The largest absolute Gasteiger partial charge is 0.352 e. The van der Waals surface area contributed by atoms with Crippen LogP contribution in [0.15, 0.2) is 84.9 Å². The Bertz CT molecular complexity index is 1340. The van der Waals surface area contributed by atoms with E-state index in [0.717, 1.165) is 18.2 Å². The van der Waals surface area contributed by atoms with Crippen LogP contribution in [0.1, 0.15) is 44.2 Å². The van der Waals surface area contributed by atoms with Gasteiger partial charge in [-0.05, 0) is 55.2 Å². The molecule has 3 aromatic rings. The van der Waals surface area contributed by atoms with E-state index in [4.69, 9.17) is 0 Å². The van der Waals surface area contributed by atoms with Crippen molar-refractivity contribution < 1.29 is 22.4 Å². The average molecular weight is 568 g/mol. The minimum atomic E-state index is -3.57. The van der Waals surface area contributed by atoms with Gasteiger partial charge in [-0.25, -0.2) is 12.8 Å². The maximum absolute atomic E-state index is 13.8. The van der Waals surface area contributed by atoms with Crippen LogP contribution in [0.5, 0.6) is 0 Å². The van der Waals surface area contributed by atoms with Gasteiger partial charge < -0.3 is 10.2 Å². The van der Waals surface area contributed by atoms with E-state index in [2.05, 4.69) is 5.32 Å². The van der Waals surface area contributed by atoms with Crippen molar-refractivity contribution in [2.75, 3.05) is 17.1 Å². The molecule has 0 saturated heterocycles. The standard InChI is InChI=1S/C31H38FN3O4S/c1-4-24(2)33-31(37)29(22-25-12-7-5-8-13-25)34(23-26-17-19-27(32)20-18-26)30(36)16-11-21-35(40(3,38)39)28-14-9-6-10-15-28/h5-10,12-15,17-20,24,29H,4,11,16,21-23H2,1-3H3,(H,33,37)/t24-,29+/m0/s1. The first kappa shape index (κ1) is 30.8. The number of sulfonamides is 1. The van der Waals surface area contributed by atoms with E-state index >= 15 is 0 Å². The molecule has 0 saturated carbocycles. The molecule has 2 atom stereocenters. The van der Waals surface area contributed by atoms with Crippen LogP contribution in [0.4, 0.5) is 10.1 Å². The monoisotopic (exact) mass is 567 g/mol. The fourth-order valence-corrected chi connectivity index (χ4v) is 5.35. The Labute approximate surface area is 237 Å². The lowest BCUT2D eigenvalue weighted by Gasteiger charge is -2.32. The second kappa shape index (κ2) is 14.6. The molecule has 0 spiro atoms. The number of anilines is 1. The van der Waals surface area contributed by atoms with Gasteiger partial charge in [0.25, 0.3) is 0 Å². The lowest BCUT2D eigenvalue weighted by atomic mass is 10.0. The Morgan fingerprint density at radius 1 is 0.900 bits per heavy atom. The number of para-hydroxylation sites is 1. The van der Waals surface area contributed by atoms with Crippen molar-refractivity contribution in [1.29, 1.82) is 0 Å². The Morgan fingerprint density at radius 2 is 1.50 bits per heavy atom. The highest BCUT2D eigenvalue weighted by molar-refractivity contribution is 7.92. The van der Waals surface area contributed by atoms with Crippen LogP contribution in [0.3, 0.4) is 0 Å². The van der Waals surface area contributed by atoms with Gasteiger partial charge in [-0.2, -0.15) is 0 Å². The smallest absolute Gasteiger partial charge is 0.243 e. The Hall–Kier alpha value is -3.72. The zero-order valence-corrected chi connectivity index (χ0v) is 24.1. The molecule has 0 aliphatic rings. The number of nitrogens with one attached hydrogen (secondary N) is 1. The van der Waals surface area contributed by atoms with E-state index in [0.29, 0.717) is 17.7 Å². The predicted octanol–water partition coefficient (Wildman–Crippen LogP) is 4.93. The lowest BCUT2D eigenvalue weighted by Crippen LogP contribution is -2.52. The molecule has 0 radical (unpaired) electrons. The number of benzene rings is 3. The first-order chi connectivity index (χ1) is 19.1. The van der Waals surface area contributed by atoms with Gasteiger partial charge in [0, 0.05) is 32.0 Å². The van der Waals surface area contributed by atoms with Gasteiger partial charge in [-0.1, -0.05) is 67.6 Å². The van der Waals surface area contributed by atoms with E-state index in [1.165, 1.54) is 21.3 Å². The van der Waals surface area contributed by atoms with E-state index < -0.39 is 21.9 Å². The van der Waals surface area contributed by atoms with Crippen molar-refractivity contribution in [2.45, 2.75) is 58.2 Å². The normalized spacial score (nSPS) is 12.8. The van der Waals surface area contributed by atoms with E-state index in [-0.39, 0.29) is 43.8 Å². The summed E-state index contributed by atoms with van der Waals surface area (Å²) in [5.74, 6) is -0.944. The molecule has 0 aromatic heterocycles. The third-order valence-electron chi connectivity index (χ3n) is 6.73. The maximum Gasteiger partial charge on any atom is 0.243 e. The number of amides is 2. The molecule has 1 N–H and O–H groups in total. The SMILES string of the molecule is CC[C@H](C)NC(=O)[C@@H](Cc1ccccc1)N(Cc1ccc(F)cc1)C(=O)CCCN(c1ccccc1)S(C)(=O)=O. The molecule has 0 heterocycles. The quantitative estimate of drug-likeness (QED) is 0.299. The molecular weight excluding hydrogens is 529 g/mol. The Kier molecular flexibility index (Phi) is 11.3. The summed E-state index contributed by atoms with van der Waals surface area (Å²) in [6.45, 7) is 4.10. The molecule has 2 amide bonds. The molecule has 7 nitrogen and oxygen atoms in total. The van der Waals surface area contributed by atoms with E-state index in [1.807, 2.05) is 44.2 Å². The van der Waals surface area contributed by atoms with Crippen LogP contribution in [0, 0.1) is 5.82 Å². The second-order valence-electron chi connectivity index (χ2n) is 9.95. The molecular formula is C31H38FN3O4S. The van der Waals surface area contributed by atoms with Crippen molar-refractivity contribution in [2.24, 2.45) is 0 Å². The molecule has 0 unspecified atom stereocenters. The molecule has 9 heteroatoms. The van der Waals surface area contributed by atoms with Gasteiger partial charge in [0.1, 0.15) is 11.9 Å². The zero-order chi connectivity index (χ0) is 29.1. The fourth-order valence-electron chi connectivity index (χ4n) is 4.38. The molecule has 3 aromatic carbocycles. The minimum absolute atomic E-state index is 0.0297. The molecule has 3 rings (SSSR count). The number of carbonyl (C=O) groups excluding carboxylic acids is 2. The average Bonchev–Trinajstić information content (AvgIpc) is 2.94. The van der Waals surface area contributed by atoms with Crippen LogP contribution >= 0.6 is 0 Å². The van der Waals surface area contributed by atoms with Crippen molar-refractivity contribution >= 4 is 27.5 Å². The Morgan fingerprint density at radius 3 is 2.08 bits per heavy atom. The molecule has 40 heavy (non-hydrogen) atoms. The summed E-state index contributed by atoms with van der Waals surface area (Å²) in [5.41, 5.74) is 2.11. The summed E-state index contributed by atoms with van der Waals surface area (Å²) in [4.78, 5) is 28.9. The minimum Gasteiger partial charge on any atom is -0.352 e. The summed E-state index contributed by atoms with van der Waals surface area (Å²) in [6, 6.07) is 23.2. The van der Waals surface area contributed by atoms with Gasteiger partial charge in [-0.3, -0.25) is 13.9 Å². The van der Waals surface area contributed by atoms with E-state index in [9.17, 15) is 22.4 Å². The predicted molar refractivity (Wildman–Crippen MR) is 157 cm³/mol. The summed E-state index contributed by atoms with van der Waals surface area (Å²) >= 11 is 0. The van der Waals surface area contributed by atoms with Crippen molar-refractivity contribution in [3.63, 3.8) is 0 Å². The summed E-state index contributed by atoms with van der Waals surface area (Å²) in [7, 11) is -3.57. The summed E-state index contributed by atoms with van der Waals surface area (Å²) in [6.07, 6.45) is 2.46. The number of nitrogens with zero attached hydrogens (tertiary/aromatic N) is 2. The van der Waals surface area contributed by atoms with Crippen molar-refractivity contribution in [3.05, 3.63) is 102 Å². The highest BCUT2D eigenvalue weighted by Crippen LogP contribution is 2.20. The number of hydrogen-bond acceptors (Lipinski definition) is 4. The number of hydrogen-bond donors (Lipinski definition) is 1. The van der Waals surface area contributed by atoms with Crippen LogP contribution in [0.25, 0.3) is 0 Å². The van der Waals surface area contributed by atoms with Crippen molar-refractivity contribution in [1.82, 2.24) is 10.2 Å². The molecule has 214 valence electrons. The van der Waals surface area contributed by atoms with Gasteiger partial charge >= 0.3 is 0 Å². The highest BCUT2D eigenvalue weighted by Gasteiger charge is 2.31. The fraction of sp³-hybridized carbons (Fsp3) is 0.355. The topological polar surface area (TPSA) is 86.8 Å². The van der Waals surface area contributed by atoms with Gasteiger partial charge in [0.05, 0.1) is 11.9 Å². The summed E-state index contributed by atoms with van der Waals surface area (Å²) < 4.78 is 39.9. The molecule has 0 bridgehead atoms. The zero-order valence-electron chi connectivity index (χ0n) is 23.3. The molecule has 0 aliphatic carbocycles. The maximum atomic E-state index is 13.8. The van der Waals surface area contributed by atoms with Crippen LogP contribution in [-0.4, -0.2) is 50.0 Å². The third kappa shape index (κ3) is 9.19. The van der Waals surface area contributed by atoms with Crippen LogP contribution in [0.2, 0.25) is 0 Å². The first-order valence-electron chi connectivity index (χ1n) is 13.5. The first-order valence-corrected chi connectivity index (χ1v) is 15.3. The lowest BCUT2D eigenvalue weighted by molar-refractivity contribution is -0.141. The van der Waals surface area contributed by atoms with E-state index in [1.54, 1.807) is 42.5 Å². The molecule has 0 fully saturated rings.